The van der Waals surface area contributed by atoms with Gasteiger partial charge in [-0.25, -0.2) is 0 Å². The van der Waals surface area contributed by atoms with Crippen LogP contribution in [0.25, 0.3) is 0 Å². The molecule has 1 fully saturated rings. The molecule has 66 valence electrons. The van der Waals surface area contributed by atoms with Gasteiger partial charge in [-0.2, -0.15) is 4.98 Å². The van der Waals surface area contributed by atoms with E-state index >= 15 is 0 Å². The fourth-order valence-electron chi connectivity index (χ4n) is 1.33. The maximum absolute atomic E-state index is 4.61. The summed E-state index contributed by atoms with van der Waals surface area (Å²) in [7, 11) is 0. The topological polar surface area (TPSA) is 63.0 Å². The molecule has 1 unspecified atom stereocenters. The first-order valence-electron chi connectivity index (χ1n) is 4.14. The highest BCUT2D eigenvalue weighted by molar-refractivity contribution is 4.82. The predicted octanol–water partition coefficient (Wildman–Crippen LogP) is -0.479. The Kier molecular flexibility index (Phi) is 2.33. The molecule has 0 spiro atoms. The van der Waals surface area contributed by atoms with Gasteiger partial charge in [0, 0.05) is 12.6 Å². The molecule has 1 aromatic heterocycles. The predicted molar refractivity (Wildman–Crippen MR) is 42.4 cm³/mol. The molecule has 5 heteroatoms. The van der Waals surface area contributed by atoms with Gasteiger partial charge in [0.2, 0.25) is 6.39 Å². The zero-order valence-corrected chi connectivity index (χ0v) is 6.79. The quantitative estimate of drug-likeness (QED) is 0.638. The van der Waals surface area contributed by atoms with E-state index in [9.17, 15) is 0 Å². The molecule has 0 amide bonds. The molecule has 1 aromatic rings. The molecular formula is C7H12N4O. The maximum Gasteiger partial charge on any atom is 0.213 e. The summed E-state index contributed by atoms with van der Waals surface area (Å²) in [6.07, 6.45) is 2.53. The molecule has 0 aromatic carbocycles. The van der Waals surface area contributed by atoms with E-state index in [4.69, 9.17) is 0 Å². The van der Waals surface area contributed by atoms with Crippen LogP contribution in [0.1, 0.15) is 12.2 Å². The van der Waals surface area contributed by atoms with Crippen molar-refractivity contribution in [2.45, 2.75) is 19.0 Å². The average molecular weight is 168 g/mol. The Balaban J connectivity index is 1.74. The fourth-order valence-corrected chi connectivity index (χ4v) is 1.33. The van der Waals surface area contributed by atoms with Crippen LogP contribution in [0.15, 0.2) is 10.9 Å². The fraction of sp³-hybridized carbons (Fsp3) is 0.714. The lowest BCUT2D eigenvalue weighted by atomic mass is 10.2. The van der Waals surface area contributed by atoms with Crippen LogP contribution in [0, 0.1) is 0 Å². The Morgan fingerprint density at radius 3 is 3.42 bits per heavy atom. The number of rotatable bonds is 3. The third-order valence-electron chi connectivity index (χ3n) is 2.02. The summed E-state index contributed by atoms with van der Waals surface area (Å²) in [5.74, 6) is 0.724. The van der Waals surface area contributed by atoms with Crippen LogP contribution < -0.4 is 10.6 Å². The van der Waals surface area contributed by atoms with E-state index in [0.717, 1.165) is 18.9 Å². The van der Waals surface area contributed by atoms with Gasteiger partial charge in [0.1, 0.15) is 0 Å². The third kappa shape index (κ3) is 1.80. The first-order valence-corrected chi connectivity index (χ1v) is 4.14. The van der Waals surface area contributed by atoms with Crippen LogP contribution in [0.5, 0.6) is 0 Å². The van der Waals surface area contributed by atoms with Crippen LogP contribution in [0.2, 0.25) is 0 Å². The standard InChI is InChI=1S/C7H12N4O/c1-2-8-3-6(1)9-4-7-10-5-12-11-7/h5-6,8-9H,1-4H2. The molecule has 2 rings (SSSR count). The Morgan fingerprint density at radius 1 is 1.75 bits per heavy atom. The minimum atomic E-state index is 0.559. The van der Waals surface area contributed by atoms with Crippen LogP contribution in [-0.2, 0) is 6.54 Å². The van der Waals surface area contributed by atoms with Gasteiger partial charge >= 0.3 is 0 Å². The van der Waals surface area contributed by atoms with E-state index in [2.05, 4.69) is 25.3 Å². The largest absolute Gasteiger partial charge is 0.343 e. The number of nitrogens with zero attached hydrogens (tertiary/aromatic N) is 2. The van der Waals surface area contributed by atoms with Crippen molar-refractivity contribution in [2.24, 2.45) is 0 Å². The Morgan fingerprint density at radius 2 is 2.75 bits per heavy atom. The van der Waals surface area contributed by atoms with Gasteiger partial charge in [0.25, 0.3) is 0 Å². The van der Waals surface area contributed by atoms with E-state index < -0.39 is 0 Å². The molecule has 2 N–H and O–H groups in total. The summed E-state index contributed by atoms with van der Waals surface area (Å²) in [5.41, 5.74) is 0. The number of hydrogen-bond donors (Lipinski definition) is 2. The lowest BCUT2D eigenvalue weighted by molar-refractivity contribution is 0.404. The van der Waals surface area contributed by atoms with Crippen molar-refractivity contribution in [3.8, 4) is 0 Å². The van der Waals surface area contributed by atoms with Crippen LogP contribution in [0.3, 0.4) is 0 Å². The number of nitrogens with one attached hydrogen (secondary N) is 2. The summed E-state index contributed by atoms with van der Waals surface area (Å²) in [5, 5.41) is 10.3. The van der Waals surface area contributed by atoms with Gasteiger partial charge in [-0.05, 0) is 13.0 Å². The Bertz CT molecular complexity index is 217. The van der Waals surface area contributed by atoms with E-state index in [1.54, 1.807) is 0 Å². The SMILES string of the molecule is c1nc(CNC2CCNC2)no1. The first kappa shape index (κ1) is 7.70. The van der Waals surface area contributed by atoms with E-state index in [0.29, 0.717) is 12.6 Å². The van der Waals surface area contributed by atoms with E-state index in [-0.39, 0.29) is 0 Å². The second-order valence-electron chi connectivity index (χ2n) is 2.92. The summed E-state index contributed by atoms with van der Waals surface area (Å²) in [6, 6.07) is 0.559. The van der Waals surface area contributed by atoms with E-state index in [1.807, 2.05) is 0 Å². The van der Waals surface area contributed by atoms with Crippen LogP contribution in [0.4, 0.5) is 0 Å². The van der Waals surface area contributed by atoms with Gasteiger partial charge < -0.3 is 15.2 Å². The molecule has 0 bridgehead atoms. The van der Waals surface area contributed by atoms with Crippen molar-refractivity contribution in [3.63, 3.8) is 0 Å². The molecule has 1 saturated heterocycles. The molecule has 0 saturated carbocycles. The zero-order valence-electron chi connectivity index (χ0n) is 6.79. The van der Waals surface area contributed by atoms with Gasteiger partial charge in [-0.1, -0.05) is 5.16 Å². The summed E-state index contributed by atoms with van der Waals surface area (Å²) in [4.78, 5) is 3.92. The van der Waals surface area contributed by atoms with Gasteiger partial charge in [0.15, 0.2) is 5.82 Å². The third-order valence-corrected chi connectivity index (χ3v) is 2.02. The number of aromatic nitrogens is 2. The lowest BCUT2D eigenvalue weighted by Crippen LogP contribution is -2.30. The second-order valence-corrected chi connectivity index (χ2v) is 2.92. The maximum atomic E-state index is 4.61. The summed E-state index contributed by atoms with van der Waals surface area (Å²) in [6.45, 7) is 2.84. The monoisotopic (exact) mass is 168 g/mol. The first-order chi connectivity index (χ1) is 5.95. The second kappa shape index (κ2) is 3.64. The minimum absolute atomic E-state index is 0.559. The zero-order chi connectivity index (χ0) is 8.23. The summed E-state index contributed by atoms with van der Waals surface area (Å²) >= 11 is 0. The smallest absolute Gasteiger partial charge is 0.213 e. The normalized spacial score (nSPS) is 23.2. The molecule has 2 heterocycles. The molecule has 1 atom stereocenters. The molecule has 1 aliphatic rings. The van der Waals surface area contributed by atoms with Crippen molar-refractivity contribution in [3.05, 3.63) is 12.2 Å². The lowest BCUT2D eigenvalue weighted by Gasteiger charge is -2.07. The van der Waals surface area contributed by atoms with Gasteiger partial charge in [-0.3, -0.25) is 0 Å². The van der Waals surface area contributed by atoms with Gasteiger partial charge in [0.05, 0.1) is 6.54 Å². The van der Waals surface area contributed by atoms with Crippen molar-refractivity contribution < 1.29 is 4.52 Å². The van der Waals surface area contributed by atoms with Crippen LogP contribution >= 0.6 is 0 Å². The average Bonchev–Trinajstić information content (AvgIpc) is 2.74. The molecule has 5 nitrogen and oxygen atoms in total. The Hall–Kier alpha value is -0.940. The molecule has 12 heavy (non-hydrogen) atoms. The molecule has 1 aliphatic heterocycles. The highest BCUT2D eigenvalue weighted by atomic mass is 16.5. The Labute approximate surface area is 70.5 Å². The molecule has 0 aliphatic carbocycles. The summed E-state index contributed by atoms with van der Waals surface area (Å²) < 4.78 is 4.61. The van der Waals surface area contributed by atoms with Crippen molar-refractivity contribution in [1.29, 1.82) is 0 Å². The van der Waals surface area contributed by atoms with Gasteiger partial charge in [-0.15, -0.1) is 0 Å². The molecule has 0 radical (unpaired) electrons. The van der Waals surface area contributed by atoms with Crippen LogP contribution in [-0.4, -0.2) is 29.3 Å². The highest BCUT2D eigenvalue weighted by Crippen LogP contribution is 1.98. The van der Waals surface area contributed by atoms with Crippen molar-refractivity contribution >= 4 is 0 Å². The van der Waals surface area contributed by atoms with E-state index in [1.165, 1.54) is 12.8 Å². The molecular weight excluding hydrogens is 156 g/mol. The van der Waals surface area contributed by atoms with Crippen molar-refractivity contribution in [2.75, 3.05) is 13.1 Å². The van der Waals surface area contributed by atoms with Crippen molar-refractivity contribution in [1.82, 2.24) is 20.8 Å². The minimum Gasteiger partial charge on any atom is -0.343 e. The highest BCUT2D eigenvalue weighted by Gasteiger charge is 2.13. The number of hydrogen-bond acceptors (Lipinski definition) is 5.